The lowest BCUT2D eigenvalue weighted by molar-refractivity contribution is -0.140. The SMILES string of the molecule is CC1(C)CN(C(=O)C2CCC(NC(=O)C3CCCC3)CC2)CCC1N.Cl. The number of rotatable bonds is 3. The third-order valence-corrected chi connectivity index (χ3v) is 6.77. The zero-order valence-electron chi connectivity index (χ0n) is 16.3. The lowest BCUT2D eigenvalue weighted by atomic mass is 9.78. The van der Waals surface area contributed by atoms with Crippen LogP contribution in [0.4, 0.5) is 0 Å². The number of carbonyl (C=O) groups is 2. The van der Waals surface area contributed by atoms with Crippen LogP contribution in [0.1, 0.15) is 71.6 Å². The summed E-state index contributed by atoms with van der Waals surface area (Å²) in [5, 5.41) is 3.24. The van der Waals surface area contributed by atoms with Gasteiger partial charge in [0.1, 0.15) is 0 Å². The molecule has 2 aliphatic carbocycles. The average molecular weight is 386 g/mol. The van der Waals surface area contributed by atoms with E-state index in [0.29, 0.717) is 5.91 Å². The van der Waals surface area contributed by atoms with Crippen LogP contribution in [0.15, 0.2) is 0 Å². The molecule has 1 heterocycles. The number of nitrogens with one attached hydrogen (secondary N) is 1. The highest BCUT2D eigenvalue weighted by molar-refractivity contribution is 5.85. The van der Waals surface area contributed by atoms with Gasteiger partial charge in [0.25, 0.3) is 0 Å². The van der Waals surface area contributed by atoms with Gasteiger partial charge in [-0.3, -0.25) is 9.59 Å². The van der Waals surface area contributed by atoms with Gasteiger partial charge in [0, 0.05) is 37.0 Å². The van der Waals surface area contributed by atoms with E-state index in [4.69, 9.17) is 5.73 Å². The van der Waals surface area contributed by atoms with Crippen molar-refractivity contribution in [2.24, 2.45) is 23.0 Å². The minimum absolute atomic E-state index is 0. The van der Waals surface area contributed by atoms with Crippen molar-refractivity contribution >= 4 is 24.2 Å². The summed E-state index contributed by atoms with van der Waals surface area (Å²) in [5.74, 6) is 0.920. The third kappa shape index (κ3) is 4.92. The fourth-order valence-corrected chi connectivity index (χ4v) is 4.81. The molecule has 150 valence electrons. The van der Waals surface area contributed by atoms with Crippen LogP contribution in [0.3, 0.4) is 0 Å². The number of likely N-dealkylation sites (tertiary alicyclic amines) is 1. The molecule has 1 aliphatic heterocycles. The quantitative estimate of drug-likeness (QED) is 0.784. The standard InChI is InChI=1S/C20H35N3O2.ClH/c1-20(2)13-23(12-11-17(20)21)19(25)15-7-9-16(10-8-15)22-18(24)14-5-3-4-6-14;/h14-17H,3-13,21H2,1-2H3,(H,22,24);1H. The molecule has 26 heavy (non-hydrogen) atoms. The van der Waals surface area contributed by atoms with Gasteiger partial charge in [-0.15, -0.1) is 12.4 Å². The molecule has 3 rings (SSSR count). The molecule has 1 atom stereocenters. The van der Waals surface area contributed by atoms with E-state index in [1.807, 2.05) is 4.90 Å². The van der Waals surface area contributed by atoms with Gasteiger partial charge in [0.2, 0.25) is 11.8 Å². The number of nitrogens with two attached hydrogens (primary N) is 1. The van der Waals surface area contributed by atoms with Crippen molar-refractivity contribution in [1.82, 2.24) is 10.2 Å². The van der Waals surface area contributed by atoms with Gasteiger partial charge in [0.15, 0.2) is 0 Å². The minimum atomic E-state index is 0. The Balaban J connectivity index is 0.00000243. The maximum Gasteiger partial charge on any atom is 0.225 e. The van der Waals surface area contributed by atoms with Gasteiger partial charge in [-0.1, -0.05) is 26.7 Å². The molecule has 0 aromatic rings. The van der Waals surface area contributed by atoms with E-state index in [-0.39, 0.29) is 47.6 Å². The molecule has 3 N–H and O–H groups in total. The Kier molecular flexibility index (Phi) is 7.37. The maximum atomic E-state index is 12.9. The molecule has 0 bridgehead atoms. The van der Waals surface area contributed by atoms with Crippen molar-refractivity contribution in [1.29, 1.82) is 0 Å². The largest absolute Gasteiger partial charge is 0.353 e. The van der Waals surface area contributed by atoms with Crippen LogP contribution >= 0.6 is 12.4 Å². The van der Waals surface area contributed by atoms with Crippen LogP contribution in [0.25, 0.3) is 0 Å². The number of hydrogen-bond donors (Lipinski definition) is 2. The lowest BCUT2D eigenvalue weighted by Crippen LogP contribution is -2.55. The molecule has 1 saturated heterocycles. The number of amides is 2. The highest BCUT2D eigenvalue weighted by atomic mass is 35.5. The van der Waals surface area contributed by atoms with E-state index in [1.165, 1.54) is 12.8 Å². The molecule has 2 saturated carbocycles. The predicted octanol–water partition coefficient (Wildman–Crippen LogP) is 2.86. The zero-order chi connectivity index (χ0) is 18.0. The maximum absolute atomic E-state index is 12.9. The summed E-state index contributed by atoms with van der Waals surface area (Å²) >= 11 is 0. The van der Waals surface area contributed by atoms with Gasteiger partial charge >= 0.3 is 0 Å². The second kappa shape index (κ2) is 8.92. The second-order valence-corrected chi connectivity index (χ2v) is 9.18. The summed E-state index contributed by atoms with van der Waals surface area (Å²) < 4.78 is 0. The summed E-state index contributed by atoms with van der Waals surface area (Å²) in [6, 6.07) is 0.446. The van der Waals surface area contributed by atoms with Crippen molar-refractivity contribution in [3.63, 3.8) is 0 Å². The monoisotopic (exact) mass is 385 g/mol. The molecule has 5 nitrogen and oxygen atoms in total. The lowest BCUT2D eigenvalue weighted by Gasteiger charge is -2.44. The Morgan fingerprint density at radius 2 is 1.58 bits per heavy atom. The Morgan fingerprint density at radius 3 is 2.15 bits per heavy atom. The van der Waals surface area contributed by atoms with Crippen LogP contribution in [-0.2, 0) is 9.59 Å². The molecular formula is C20H36ClN3O2. The van der Waals surface area contributed by atoms with Crippen LogP contribution < -0.4 is 11.1 Å². The molecule has 0 radical (unpaired) electrons. The van der Waals surface area contributed by atoms with E-state index >= 15 is 0 Å². The molecule has 0 aromatic heterocycles. The summed E-state index contributed by atoms with van der Waals surface area (Å²) in [7, 11) is 0. The first kappa shape index (κ1) is 21.5. The molecule has 3 fully saturated rings. The minimum Gasteiger partial charge on any atom is -0.353 e. The van der Waals surface area contributed by atoms with E-state index in [0.717, 1.165) is 58.0 Å². The van der Waals surface area contributed by atoms with Gasteiger partial charge in [-0.05, 0) is 50.4 Å². The normalized spacial score (nSPS) is 32.0. The van der Waals surface area contributed by atoms with Crippen LogP contribution in [0.2, 0.25) is 0 Å². The van der Waals surface area contributed by atoms with Crippen LogP contribution in [0.5, 0.6) is 0 Å². The Labute approximate surface area is 164 Å². The summed E-state index contributed by atoms with van der Waals surface area (Å²) in [5.41, 5.74) is 6.19. The van der Waals surface area contributed by atoms with Gasteiger partial charge < -0.3 is 16.0 Å². The van der Waals surface area contributed by atoms with Gasteiger partial charge in [-0.25, -0.2) is 0 Å². The Hall–Kier alpha value is -0.810. The number of hydrogen-bond acceptors (Lipinski definition) is 3. The average Bonchev–Trinajstić information content (AvgIpc) is 3.12. The predicted molar refractivity (Wildman–Crippen MR) is 106 cm³/mol. The highest BCUT2D eigenvalue weighted by Gasteiger charge is 2.38. The first-order valence-electron chi connectivity index (χ1n) is 10.2. The van der Waals surface area contributed by atoms with E-state index in [1.54, 1.807) is 0 Å². The van der Waals surface area contributed by atoms with Gasteiger partial charge in [0.05, 0.1) is 0 Å². The van der Waals surface area contributed by atoms with E-state index in [9.17, 15) is 9.59 Å². The first-order valence-corrected chi connectivity index (χ1v) is 10.2. The van der Waals surface area contributed by atoms with Crippen LogP contribution in [0, 0.1) is 17.3 Å². The number of halogens is 1. The summed E-state index contributed by atoms with van der Waals surface area (Å²) in [6.45, 7) is 5.88. The third-order valence-electron chi connectivity index (χ3n) is 6.77. The second-order valence-electron chi connectivity index (χ2n) is 9.18. The first-order chi connectivity index (χ1) is 11.9. The smallest absolute Gasteiger partial charge is 0.225 e. The van der Waals surface area contributed by atoms with Crippen molar-refractivity contribution in [3.8, 4) is 0 Å². The van der Waals surface area contributed by atoms with E-state index in [2.05, 4.69) is 19.2 Å². The highest BCUT2D eigenvalue weighted by Crippen LogP contribution is 2.32. The van der Waals surface area contributed by atoms with Crippen molar-refractivity contribution in [3.05, 3.63) is 0 Å². The number of piperidine rings is 1. The van der Waals surface area contributed by atoms with E-state index < -0.39 is 0 Å². The summed E-state index contributed by atoms with van der Waals surface area (Å²) in [4.78, 5) is 27.2. The van der Waals surface area contributed by atoms with Crippen LogP contribution in [-0.4, -0.2) is 41.9 Å². The Morgan fingerprint density at radius 1 is 0.962 bits per heavy atom. The topological polar surface area (TPSA) is 75.4 Å². The van der Waals surface area contributed by atoms with Crippen molar-refractivity contribution in [2.45, 2.75) is 83.7 Å². The number of nitrogens with zero attached hydrogens (tertiary/aromatic N) is 1. The van der Waals surface area contributed by atoms with Gasteiger partial charge in [-0.2, -0.15) is 0 Å². The fraction of sp³-hybridized carbons (Fsp3) is 0.900. The molecule has 0 aromatic carbocycles. The molecule has 3 aliphatic rings. The molecule has 0 spiro atoms. The van der Waals surface area contributed by atoms with Crippen molar-refractivity contribution in [2.75, 3.05) is 13.1 Å². The molecule has 6 heteroatoms. The molecule has 1 unspecified atom stereocenters. The molecule has 2 amide bonds. The van der Waals surface area contributed by atoms with Crippen molar-refractivity contribution < 1.29 is 9.59 Å². The fourth-order valence-electron chi connectivity index (χ4n) is 4.81. The summed E-state index contributed by atoms with van der Waals surface area (Å²) in [6.07, 6.45) is 9.04. The number of carbonyl (C=O) groups excluding carboxylic acids is 2. The Bertz CT molecular complexity index is 497. The molecular weight excluding hydrogens is 350 g/mol. The zero-order valence-corrected chi connectivity index (χ0v) is 17.2.